The summed E-state index contributed by atoms with van der Waals surface area (Å²) >= 11 is 0. The Morgan fingerprint density at radius 3 is 3.06 bits per heavy atom. The molecule has 0 spiro atoms. The van der Waals surface area contributed by atoms with Crippen molar-refractivity contribution < 1.29 is 14.2 Å². The highest BCUT2D eigenvalue weighted by atomic mass is 16.7. The van der Waals surface area contributed by atoms with Crippen molar-refractivity contribution >= 4 is 5.69 Å². The van der Waals surface area contributed by atoms with Gasteiger partial charge >= 0.3 is 0 Å². The van der Waals surface area contributed by atoms with Crippen molar-refractivity contribution in [2.75, 3.05) is 18.9 Å². The number of rotatable bonds is 3. The molecule has 2 heterocycles. The molecule has 1 fully saturated rings. The number of ether oxygens (including phenoxy) is 3. The SMILES string of the molecule is CC1(C)OC[C@@H](COc2cc(N)cnn2)O1. The van der Waals surface area contributed by atoms with E-state index in [2.05, 4.69) is 10.2 Å². The Balaban J connectivity index is 1.84. The van der Waals surface area contributed by atoms with E-state index in [-0.39, 0.29) is 6.10 Å². The van der Waals surface area contributed by atoms with Crippen LogP contribution in [-0.2, 0) is 9.47 Å². The lowest BCUT2D eigenvalue weighted by Gasteiger charge is -2.17. The van der Waals surface area contributed by atoms with Crippen LogP contribution in [0.1, 0.15) is 13.8 Å². The molecule has 0 aromatic carbocycles. The predicted octanol–water partition coefficient (Wildman–Crippen LogP) is 0.589. The molecule has 2 rings (SSSR count). The fourth-order valence-corrected chi connectivity index (χ4v) is 1.46. The number of nitrogens with two attached hydrogens (primary N) is 1. The van der Waals surface area contributed by atoms with Gasteiger partial charge in [0.15, 0.2) is 5.79 Å². The second-order valence-corrected chi connectivity index (χ2v) is 4.09. The molecule has 1 aromatic heterocycles. The van der Waals surface area contributed by atoms with Gasteiger partial charge < -0.3 is 19.9 Å². The van der Waals surface area contributed by atoms with Crippen molar-refractivity contribution in [1.29, 1.82) is 0 Å². The minimum Gasteiger partial charge on any atom is -0.474 e. The van der Waals surface area contributed by atoms with Gasteiger partial charge in [0, 0.05) is 6.07 Å². The lowest BCUT2D eigenvalue weighted by atomic mass is 10.4. The molecule has 0 aliphatic carbocycles. The van der Waals surface area contributed by atoms with Gasteiger partial charge in [0.05, 0.1) is 18.5 Å². The number of hydrogen-bond donors (Lipinski definition) is 1. The van der Waals surface area contributed by atoms with Crippen LogP contribution in [0, 0.1) is 0 Å². The monoisotopic (exact) mass is 225 g/mol. The van der Waals surface area contributed by atoms with Crippen LogP contribution in [0.15, 0.2) is 12.3 Å². The largest absolute Gasteiger partial charge is 0.474 e. The summed E-state index contributed by atoms with van der Waals surface area (Å²) in [6, 6.07) is 1.62. The van der Waals surface area contributed by atoms with Crippen LogP contribution >= 0.6 is 0 Å². The van der Waals surface area contributed by atoms with Crippen LogP contribution in [0.5, 0.6) is 5.88 Å². The zero-order valence-corrected chi connectivity index (χ0v) is 9.34. The van der Waals surface area contributed by atoms with E-state index in [1.54, 1.807) is 6.07 Å². The van der Waals surface area contributed by atoms with Crippen molar-refractivity contribution in [1.82, 2.24) is 10.2 Å². The van der Waals surface area contributed by atoms with E-state index in [4.69, 9.17) is 19.9 Å². The fraction of sp³-hybridized carbons (Fsp3) is 0.600. The molecule has 0 unspecified atom stereocenters. The van der Waals surface area contributed by atoms with Gasteiger partial charge in [-0.25, -0.2) is 0 Å². The van der Waals surface area contributed by atoms with Crippen LogP contribution in [0.3, 0.4) is 0 Å². The molecule has 6 nitrogen and oxygen atoms in total. The quantitative estimate of drug-likeness (QED) is 0.811. The lowest BCUT2D eigenvalue weighted by molar-refractivity contribution is -0.141. The van der Waals surface area contributed by atoms with Crippen molar-refractivity contribution in [2.45, 2.75) is 25.7 Å². The van der Waals surface area contributed by atoms with E-state index in [9.17, 15) is 0 Å². The molecule has 0 saturated carbocycles. The van der Waals surface area contributed by atoms with Crippen LogP contribution in [0.4, 0.5) is 5.69 Å². The molecule has 1 aromatic rings. The standard InChI is InChI=1S/C10H15N3O3/c1-10(2)15-6-8(16-10)5-14-9-3-7(11)4-12-13-9/h3-4,8H,5-6H2,1-2H3,(H2,11,13)/t8-/m1/s1. The van der Waals surface area contributed by atoms with Gasteiger partial charge in [0.2, 0.25) is 5.88 Å². The average Bonchev–Trinajstić information content (AvgIpc) is 2.56. The zero-order chi connectivity index (χ0) is 11.6. The maximum Gasteiger partial charge on any atom is 0.235 e. The smallest absolute Gasteiger partial charge is 0.235 e. The minimum absolute atomic E-state index is 0.0850. The molecular formula is C10H15N3O3. The summed E-state index contributed by atoms with van der Waals surface area (Å²) in [4.78, 5) is 0. The maximum atomic E-state index is 5.57. The van der Waals surface area contributed by atoms with Gasteiger partial charge in [-0.1, -0.05) is 0 Å². The average molecular weight is 225 g/mol. The van der Waals surface area contributed by atoms with Gasteiger partial charge in [-0.15, -0.1) is 5.10 Å². The van der Waals surface area contributed by atoms with Crippen molar-refractivity contribution in [2.24, 2.45) is 0 Å². The van der Waals surface area contributed by atoms with Crippen molar-refractivity contribution in [3.63, 3.8) is 0 Å². The minimum atomic E-state index is -0.532. The highest BCUT2D eigenvalue weighted by Gasteiger charge is 2.32. The fourth-order valence-electron chi connectivity index (χ4n) is 1.46. The number of nitrogen functional groups attached to an aromatic ring is 1. The first kappa shape index (κ1) is 11.1. The molecule has 1 aliphatic rings. The normalized spacial score (nSPS) is 23.2. The topological polar surface area (TPSA) is 79.5 Å². The van der Waals surface area contributed by atoms with Gasteiger partial charge in [0.25, 0.3) is 0 Å². The van der Waals surface area contributed by atoms with Crippen LogP contribution in [0.2, 0.25) is 0 Å². The lowest BCUT2D eigenvalue weighted by Crippen LogP contribution is -2.25. The Kier molecular flexibility index (Phi) is 2.93. The third-order valence-corrected chi connectivity index (χ3v) is 2.14. The Hall–Kier alpha value is -1.40. The summed E-state index contributed by atoms with van der Waals surface area (Å²) in [5, 5.41) is 7.47. The molecule has 2 N–H and O–H groups in total. The molecule has 1 atom stereocenters. The number of aromatic nitrogens is 2. The summed E-state index contributed by atoms with van der Waals surface area (Å²) in [7, 11) is 0. The first-order valence-electron chi connectivity index (χ1n) is 5.08. The summed E-state index contributed by atoms with van der Waals surface area (Å²) in [5.41, 5.74) is 6.07. The molecule has 1 aliphatic heterocycles. The molecule has 16 heavy (non-hydrogen) atoms. The van der Waals surface area contributed by atoms with Crippen LogP contribution in [-0.4, -0.2) is 35.3 Å². The molecule has 88 valence electrons. The first-order chi connectivity index (χ1) is 7.55. The summed E-state index contributed by atoms with van der Waals surface area (Å²) in [6.07, 6.45) is 1.38. The molecule has 0 bridgehead atoms. The maximum absolute atomic E-state index is 5.57. The molecule has 6 heteroatoms. The van der Waals surface area contributed by atoms with Crippen LogP contribution in [0.25, 0.3) is 0 Å². The van der Waals surface area contributed by atoms with E-state index in [1.165, 1.54) is 6.20 Å². The third-order valence-electron chi connectivity index (χ3n) is 2.14. The molecular weight excluding hydrogens is 210 g/mol. The van der Waals surface area contributed by atoms with E-state index < -0.39 is 5.79 Å². The second kappa shape index (κ2) is 4.23. The zero-order valence-electron chi connectivity index (χ0n) is 9.34. The highest BCUT2D eigenvalue weighted by Crippen LogP contribution is 2.22. The molecule has 0 amide bonds. The second-order valence-electron chi connectivity index (χ2n) is 4.09. The van der Waals surface area contributed by atoms with Crippen LogP contribution < -0.4 is 10.5 Å². The predicted molar refractivity (Wildman–Crippen MR) is 56.8 cm³/mol. The Morgan fingerprint density at radius 1 is 1.62 bits per heavy atom. The van der Waals surface area contributed by atoms with E-state index in [0.717, 1.165) is 0 Å². The molecule has 1 saturated heterocycles. The number of anilines is 1. The summed E-state index contributed by atoms with van der Waals surface area (Å²) in [6.45, 7) is 4.63. The Morgan fingerprint density at radius 2 is 2.44 bits per heavy atom. The Bertz CT molecular complexity index is 370. The summed E-state index contributed by atoms with van der Waals surface area (Å²) < 4.78 is 16.4. The number of hydrogen-bond acceptors (Lipinski definition) is 6. The Labute approximate surface area is 93.7 Å². The van der Waals surface area contributed by atoms with Gasteiger partial charge in [0.1, 0.15) is 12.7 Å². The summed E-state index contributed by atoms with van der Waals surface area (Å²) in [5.74, 6) is -0.136. The van der Waals surface area contributed by atoms with Crippen molar-refractivity contribution in [3.8, 4) is 5.88 Å². The van der Waals surface area contributed by atoms with E-state index >= 15 is 0 Å². The first-order valence-corrected chi connectivity index (χ1v) is 5.08. The van der Waals surface area contributed by atoms with E-state index in [1.807, 2.05) is 13.8 Å². The number of nitrogens with zero attached hydrogens (tertiary/aromatic N) is 2. The highest BCUT2D eigenvalue weighted by molar-refractivity contribution is 5.36. The van der Waals surface area contributed by atoms with Crippen molar-refractivity contribution in [3.05, 3.63) is 12.3 Å². The third kappa shape index (κ3) is 2.80. The van der Waals surface area contributed by atoms with Gasteiger partial charge in [-0.2, -0.15) is 5.10 Å². The van der Waals surface area contributed by atoms with Gasteiger partial charge in [-0.05, 0) is 13.8 Å². The van der Waals surface area contributed by atoms with Gasteiger partial charge in [-0.3, -0.25) is 0 Å². The van der Waals surface area contributed by atoms with E-state index in [0.29, 0.717) is 24.8 Å². The molecule has 0 radical (unpaired) electrons.